The fraction of sp³-hybridized carbons (Fsp3) is 0.152. The average molecular weight is 493 g/mol. The van der Waals surface area contributed by atoms with Crippen molar-refractivity contribution in [2.45, 2.75) is 6.92 Å². The summed E-state index contributed by atoms with van der Waals surface area (Å²) in [4.78, 5) is 0. The molecule has 4 heteroatoms. The van der Waals surface area contributed by atoms with E-state index in [1.807, 2.05) is 49.4 Å². The Bertz CT molecular complexity index is 1420. The maximum absolute atomic E-state index is 5.80. The van der Waals surface area contributed by atoms with E-state index in [0.29, 0.717) is 23.0 Å². The fourth-order valence-corrected chi connectivity index (χ4v) is 4.40. The van der Waals surface area contributed by atoms with E-state index in [1.54, 1.807) is 28.4 Å². The number of hydrogen-bond donors (Lipinski definition) is 0. The summed E-state index contributed by atoms with van der Waals surface area (Å²) in [6.45, 7) is 6.13. The second kappa shape index (κ2) is 11.5. The van der Waals surface area contributed by atoms with E-state index in [0.717, 1.165) is 39.0 Å². The predicted octanol–water partition coefficient (Wildman–Crippen LogP) is 8.09. The minimum Gasteiger partial charge on any atom is -0.493 e. The minimum absolute atomic E-state index is 0.652. The van der Waals surface area contributed by atoms with Crippen LogP contribution < -0.4 is 18.9 Å². The summed E-state index contributed by atoms with van der Waals surface area (Å²) >= 11 is 0. The highest BCUT2D eigenvalue weighted by Gasteiger charge is 2.16. The number of aryl methyl sites for hydroxylation is 1. The van der Waals surface area contributed by atoms with Gasteiger partial charge in [0.2, 0.25) is 0 Å². The molecular weight excluding hydrogens is 460 g/mol. The topological polar surface area (TPSA) is 36.9 Å². The molecule has 0 aromatic heterocycles. The van der Waals surface area contributed by atoms with Crippen LogP contribution in [-0.2, 0) is 0 Å². The summed E-state index contributed by atoms with van der Waals surface area (Å²) < 4.78 is 22.5. The van der Waals surface area contributed by atoms with Crippen LogP contribution in [0.2, 0.25) is 0 Å². The van der Waals surface area contributed by atoms with Gasteiger partial charge in [-0.2, -0.15) is 0 Å². The smallest absolute Gasteiger partial charge is 0.168 e. The second-order valence-corrected chi connectivity index (χ2v) is 8.57. The number of hydrogen-bond acceptors (Lipinski definition) is 4. The van der Waals surface area contributed by atoms with E-state index >= 15 is 0 Å². The van der Waals surface area contributed by atoms with Crippen molar-refractivity contribution in [1.82, 2.24) is 0 Å². The van der Waals surface area contributed by atoms with Gasteiger partial charge in [-0.15, -0.1) is 0 Å². The normalized spacial score (nSPS) is 11.1. The molecule has 4 rings (SSSR count). The lowest BCUT2D eigenvalue weighted by molar-refractivity contribution is 0.354. The van der Waals surface area contributed by atoms with Crippen molar-refractivity contribution in [3.05, 3.63) is 108 Å². The number of benzene rings is 4. The van der Waals surface area contributed by atoms with Crippen molar-refractivity contribution in [1.29, 1.82) is 0 Å². The van der Waals surface area contributed by atoms with Crippen LogP contribution in [0, 0.1) is 6.92 Å². The first-order valence-electron chi connectivity index (χ1n) is 12.0. The molecule has 0 radical (unpaired) electrons. The highest BCUT2D eigenvalue weighted by Crippen LogP contribution is 2.42. The molecule has 0 N–H and O–H groups in total. The van der Waals surface area contributed by atoms with Gasteiger partial charge in [0.25, 0.3) is 0 Å². The molecule has 37 heavy (non-hydrogen) atoms. The Labute approximate surface area is 219 Å². The Hall–Kier alpha value is -4.44. The second-order valence-electron chi connectivity index (χ2n) is 8.57. The van der Waals surface area contributed by atoms with Gasteiger partial charge >= 0.3 is 0 Å². The van der Waals surface area contributed by atoms with Crippen molar-refractivity contribution in [3.63, 3.8) is 0 Å². The zero-order valence-electron chi connectivity index (χ0n) is 22.0. The summed E-state index contributed by atoms with van der Waals surface area (Å²) in [5.41, 5.74) is 8.28. The first kappa shape index (κ1) is 25.6. The van der Waals surface area contributed by atoms with Gasteiger partial charge in [-0.3, -0.25) is 0 Å². The van der Waals surface area contributed by atoms with E-state index in [1.165, 1.54) is 5.56 Å². The van der Waals surface area contributed by atoms with Gasteiger partial charge in [-0.25, -0.2) is 0 Å². The van der Waals surface area contributed by atoms with Gasteiger partial charge in [0.05, 0.1) is 28.4 Å². The van der Waals surface area contributed by atoms with Gasteiger partial charge in [0, 0.05) is 5.56 Å². The van der Waals surface area contributed by atoms with Crippen LogP contribution in [0.1, 0.15) is 16.7 Å². The predicted molar refractivity (Wildman–Crippen MR) is 153 cm³/mol. The van der Waals surface area contributed by atoms with Gasteiger partial charge in [-0.05, 0) is 76.2 Å². The first-order valence-corrected chi connectivity index (χ1v) is 12.0. The summed E-state index contributed by atoms with van der Waals surface area (Å²) in [5.74, 6) is 2.71. The summed E-state index contributed by atoms with van der Waals surface area (Å²) in [7, 11) is 6.59. The monoisotopic (exact) mass is 492 g/mol. The Morgan fingerprint density at radius 3 is 1.84 bits per heavy atom. The molecule has 0 saturated heterocycles. The van der Waals surface area contributed by atoms with Gasteiger partial charge in [0.15, 0.2) is 23.0 Å². The zero-order valence-corrected chi connectivity index (χ0v) is 22.0. The zero-order chi connectivity index (χ0) is 26.4. The van der Waals surface area contributed by atoms with E-state index in [4.69, 9.17) is 18.9 Å². The minimum atomic E-state index is 0.652. The SMILES string of the molecule is C=C/C(=C\c1cc(OC)c(OC)cc1C)c1cc(OC)c(OC)c(-c2ccc(-c3ccccc3)cc2)c1. The number of allylic oxidation sites excluding steroid dienone is 2. The largest absolute Gasteiger partial charge is 0.493 e. The molecule has 4 aromatic rings. The number of rotatable bonds is 9. The third-order valence-corrected chi connectivity index (χ3v) is 6.42. The fourth-order valence-electron chi connectivity index (χ4n) is 4.40. The molecule has 4 nitrogen and oxygen atoms in total. The van der Waals surface area contributed by atoms with Crippen LogP contribution in [0.4, 0.5) is 0 Å². The molecule has 0 aliphatic rings. The summed E-state index contributed by atoms with van der Waals surface area (Å²) in [6.07, 6.45) is 3.94. The van der Waals surface area contributed by atoms with Crippen molar-refractivity contribution in [2.24, 2.45) is 0 Å². The van der Waals surface area contributed by atoms with E-state index in [-0.39, 0.29) is 0 Å². The van der Waals surface area contributed by atoms with Crippen molar-refractivity contribution >= 4 is 11.6 Å². The number of methoxy groups -OCH3 is 4. The molecule has 0 aliphatic carbocycles. The van der Waals surface area contributed by atoms with E-state index in [9.17, 15) is 0 Å². The standard InChI is InChI=1S/C33H32O4/c1-7-23(18-27-20-31(35-4)30(34-3)17-22(27)2)28-19-29(33(37-6)32(21-28)36-5)26-15-13-25(14-16-26)24-11-9-8-10-12-24/h7-21H,1H2,2-6H3/b23-18+. The molecule has 0 heterocycles. The average Bonchev–Trinajstić information content (AvgIpc) is 2.96. The van der Waals surface area contributed by atoms with Crippen LogP contribution in [-0.4, -0.2) is 28.4 Å². The van der Waals surface area contributed by atoms with Crippen LogP contribution in [0.3, 0.4) is 0 Å². The maximum atomic E-state index is 5.80. The number of ether oxygens (including phenoxy) is 4. The maximum Gasteiger partial charge on any atom is 0.168 e. The molecule has 0 unspecified atom stereocenters. The van der Waals surface area contributed by atoms with E-state index in [2.05, 4.69) is 55.1 Å². The van der Waals surface area contributed by atoms with Gasteiger partial charge < -0.3 is 18.9 Å². The Kier molecular flexibility index (Phi) is 7.99. The van der Waals surface area contributed by atoms with Crippen LogP contribution >= 0.6 is 0 Å². The Morgan fingerprint density at radius 1 is 0.649 bits per heavy atom. The van der Waals surface area contributed by atoms with Crippen molar-refractivity contribution < 1.29 is 18.9 Å². The summed E-state index contributed by atoms with van der Waals surface area (Å²) in [5, 5.41) is 0. The molecule has 0 bridgehead atoms. The summed E-state index contributed by atoms with van der Waals surface area (Å²) in [6, 6.07) is 26.8. The van der Waals surface area contributed by atoms with Crippen LogP contribution in [0.15, 0.2) is 91.5 Å². The lowest BCUT2D eigenvalue weighted by atomic mass is 9.94. The molecule has 4 aromatic carbocycles. The third kappa shape index (κ3) is 5.39. The molecule has 0 atom stereocenters. The molecule has 0 aliphatic heterocycles. The van der Waals surface area contributed by atoms with Crippen LogP contribution in [0.25, 0.3) is 33.9 Å². The third-order valence-electron chi connectivity index (χ3n) is 6.42. The Morgan fingerprint density at radius 2 is 1.24 bits per heavy atom. The molecule has 0 fully saturated rings. The quantitative estimate of drug-likeness (QED) is 0.175. The molecule has 0 amide bonds. The Balaban J connectivity index is 1.82. The molecular formula is C33H32O4. The molecule has 0 saturated carbocycles. The van der Waals surface area contributed by atoms with Crippen molar-refractivity contribution in [2.75, 3.05) is 28.4 Å². The first-order chi connectivity index (χ1) is 18.0. The van der Waals surface area contributed by atoms with Crippen LogP contribution in [0.5, 0.6) is 23.0 Å². The van der Waals surface area contributed by atoms with Crippen molar-refractivity contribution in [3.8, 4) is 45.3 Å². The van der Waals surface area contributed by atoms with Gasteiger partial charge in [0.1, 0.15) is 0 Å². The highest BCUT2D eigenvalue weighted by atomic mass is 16.5. The highest BCUT2D eigenvalue weighted by molar-refractivity contribution is 5.91. The lowest BCUT2D eigenvalue weighted by Crippen LogP contribution is -1.96. The molecule has 0 spiro atoms. The van der Waals surface area contributed by atoms with E-state index < -0.39 is 0 Å². The van der Waals surface area contributed by atoms with Gasteiger partial charge in [-0.1, -0.05) is 67.3 Å². The molecule has 188 valence electrons. The lowest BCUT2D eigenvalue weighted by Gasteiger charge is -2.17.